The molecule has 0 aliphatic carbocycles. The predicted octanol–water partition coefficient (Wildman–Crippen LogP) is 11.5. The smallest absolute Gasteiger partial charge is 0.0594 e. The van der Waals surface area contributed by atoms with Gasteiger partial charge in [-0.1, -0.05) is 175 Å². The lowest BCUT2D eigenvalue weighted by atomic mass is 9.81. The maximum absolute atomic E-state index is 3.22. The molecule has 0 bridgehead atoms. The summed E-state index contributed by atoms with van der Waals surface area (Å²) in [6, 6.07) is 31.0. The van der Waals surface area contributed by atoms with Crippen LogP contribution in [0.25, 0.3) is 0 Å². The second kappa shape index (κ2) is 18.8. The zero-order valence-corrected chi connectivity index (χ0v) is 26.0. The van der Waals surface area contributed by atoms with Crippen LogP contribution in [0.15, 0.2) is 84.9 Å². The quantitative estimate of drug-likeness (QED) is 0.0796. The zero-order chi connectivity index (χ0) is 25.3. The van der Waals surface area contributed by atoms with Crippen LogP contribution in [0, 0.1) is 0 Å². The van der Waals surface area contributed by atoms with E-state index in [1.165, 1.54) is 112 Å². The molecule has 0 radical (unpaired) electrons. The van der Waals surface area contributed by atoms with Crippen molar-refractivity contribution in [1.29, 1.82) is 0 Å². The van der Waals surface area contributed by atoms with Crippen LogP contribution >= 0.6 is 26.2 Å². The van der Waals surface area contributed by atoms with Crippen molar-refractivity contribution in [1.82, 2.24) is 0 Å². The third kappa shape index (κ3) is 10.3. The minimum atomic E-state index is -0.227. The van der Waals surface area contributed by atoms with E-state index in [0.717, 1.165) is 6.42 Å². The number of benzene rings is 3. The number of hydrogen-bond acceptors (Lipinski definition) is 0. The third-order valence-corrected chi connectivity index (χ3v) is 8.68. The van der Waals surface area contributed by atoms with Crippen LogP contribution in [0.2, 0.25) is 0 Å². The number of rotatable bonds is 18. The van der Waals surface area contributed by atoms with Gasteiger partial charge in [-0.05, 0) is 35.1 Å². The molecule has 0 aliphatic heterocycles. The van der Waals surface area contributed by atoms with Gasteiger partial charge < -0.3 is 0 Å². The van der Waals surface area contributed by atoms with Crippen molar-refractivity contribution in [2.75, 3.05) is 0 Å². The summed E-state index contributed by atoms with van der Waals surface area (Å²) in [5, 5.41) is -0.227. The molecule has 0 N–H and O–H groups in total. The van der Waals surface area contributed by atoms with Crippen molar-refractivity contribution >= 4 is 26.2 Å². The molecule has 0 aliphatic rings. The molecule has 1 atom stereocenters. The predicted molar refractivity (Wildman–Crippen MR) is 173 cm³/mol. The van der Waals surface area contributed by atoms with Crippen LogP contribution in [-0.2, 0) is 11.6 Å². The van der Waals surface area contributed by atoms with Crippen molar-refractivity contribution in [3.05, 3.63) is 107 Å². The molecular weight excluding hydrogens is 531 g/mol. The Morgan fingerprint density at radius 2 is 0.865 bits per heavy atom. The van der Waals surface area contributed by atoms with E-state index in [4.69, 9.17) is 0 Å². The maximum atomic E-state index is 3.22. The topological polar surface area (TPSA) is 0 Å². The summed E-state index contributed by atoms with van der Waals surface area (Å²) in [6.45, 7) is 2.30. The van der Waals surface area contributed by atoms with E-state index in [2.05, 4.69) is 101 Å². The first-order chi connectivity index (χ1) is 17.8. The Labute approximate surface area is 241 Å². The van der Waals surface area contributed by atoms with Crippen molar-refractivity contribution in [3.8, 4) is 0 Å². The Hall–Kier alpha value is -1.43. The molecule has 3 aromatic rings. The number of unbranched alkanes of at least 4 members (excludes halogenated alkanes) is 13. The number of halogens is 1. The van der Waals surface area contributed by atoms with Crippen LogP contribution < -0.4 is 0 Å². The summed E-state index contributed by atoms with van der Waals surface area (Å²) in [4.78, 5) is 0. The molecule has 0 spiro atoms. The first-order valence-corrected chi connectivity index (χ1v) is 15.3. The highest BCUT2D eigenvalue weighted by Gasteiger charge is 2.32. The van der Waals surface area contributed by atoms with Gasteiger partial charge in [-0.15, -0.1) is 26.2 Å². The lowest BCUT2D eigenvalue weighted by Crippen LogP contribution is -2.23. The van der Waals surface area contributed by atoms with Crippen LogP contribution in [0.3, 0.4) is 0 Å². The summed E-state index contributed by atoms with van der Waals surface area (Å²) < 4.78 is 0. The van der Waals surface area contributed by atoms with Crippen molar-refractivity contribution in [2.24, 2.45) is 0 Å². The van der Waals surface area contributed by atoms with E-state index >= 15 is 0 Å². The Morgan fingerprint density at radius 1 is 0.486 bits per heavy atom. The lowest BCUT2D eigenvalue weighted by Gasteiger charge is -2.33. The fourth-order valence-electron chi connectivity index (χ4n) is 5.51. The van der Waals surface area contributed by atoms with E-state index < -0.39 is 0 Å². The fourth-order valence-corrected chi connectivity index (χ4v) is 6.18. The van der Waals surface area contributed by atoms with Gasteiger partial charge in [0.25, 0.3) is 0 Å². The first-order valence-electron chi connectivity index (χ1n) is 14.7. The van der Waals surface area contributed by atoms with Gasteiger partial charge in [0.2, 0.25) is 0 Å². The molecule has 0 fully saturated rings. The molecule has 202 valence electrons. The van der Waals surface area contributed by atoms with Crippen LogP contribution in [0.5, 0.6) is 0 Å². The zero-order valence-electron chi connectivity index (χ0n) is 23.2. The van der Waals surface area contributed by atoms with Gasteiger partial charge in [-0.3, -0.25) is 0 Å². The molecule has 0 saturated carbocycles. The molecule has 3 aromatic carbocycles. The molecule has 3 rings (SSSR count). The van der Waals surface area contributed by atoms with Gasteiger partial charge in [0.15, 0.2) is 0 Å². The standard InChI is InChI=1S/C35H49P.BrH/c1-2-3-4-5-6-7-8-9-10-11-12-13-14-17-24-31-25-22-23-30-34(31)35(36,32-26-18-15-19-27-32)33-28-20-16-21-29-33;/h15-16,18-23,25-30H,2-14,17,24,36H2,1H3;1H. The van der Waals surface area contributed by atoms with E-state index in [0.29, 0.717) is 0 Å². The summed E-state index contributed by atoms with van der Waals surface area (Å²) in [5.74, 6) is 0. The van der Waals surface area contributed by atoms with Gasteiger partial charge in [-0.2, -0.15) is 0 Å². The Bertz CT molecular complexity index is 914. The number of hydrogen-bond donors (Lipinski definition) is 0. The van der Waals surface area contributed by atoms with Crippen molar-refractivity contribution in [3.63, 3.8) is 0 Å². The largest absolute Gasteiger partial charge is 0.117 e. The summed E-state index contributed by atoms with van der Waals surface area (Å²) in [7, 11) is 3.22. The summed E-state index contributed by atoms with van der Waals surface area (Å²) in [5.41, 5.74) is 5.56. The highest BCUT2D eigenvalue weighted by molar-refractivity contribution is 8.93. The second-order valence-corrected chi connectivity index (χ2v) is 11.4. The fraction of sp³-hybridized carbons (Fsp3) is 0.486. The Kier molecular flexibility index (Phi) is 16.1. The minimum Gasteiger partial charge on any atom is -0.117 e. The van der Waals surface area contributed by atoms with Gasteiger partial charge in [0, 0.05) is 0 Å². The first kappa shape index (κ1) is 31.8. The summed E-state index contributed by atoms with van der Waals surface area (Å²) >= 11 is 0. The molecule has 0 nitrogen and oxygen atoms in total. The maximum Gasteiger partial charge on any atom is 0.0594 e. The molecule has 0 amide bonds. The Balaban J connectivity index is 0.00000481. The monoisotopic (exact) mass is 580 g/mol. The van der Waals surface area contributed by atoms with Gasteiger partial charge in [0.05, 0.1) is 5.16 Å². The van der Waals surface area contributed by atoms with Crippen molar-refractivity contribution < 1.29 is 0 Å². The lowest BCUT2D eigenvalue weighted by molar-refractivity contribution is 0.535. The Morgan fingerprint density at radius 3 is 1.32 bits per heavy atom. The molecule has 2 heteroatoms. The normalized spacial score (nSPS) is 11.3. The van der Waals surface area contributed by atoms with Crippen molar-refractivity contribution in [2.45, 2.75) is 108 Å². The van der Waals surface area contributed by atoms with Gasteiger partial charge in [-0.25, -0.2) is 0 Å². The van der Waals surface area contributed by atoms with E-state index in [1.54, 1.807) is 0 Å². The van der Waals surface area contributed by atoms with Gasteiger partial charge >= 0.3 is 0 Å². The van der Waals surface area contributed by atoms with Gasteiger partial charge in [0.1, 0.15) is 0 Å². The average Bonchev–Trinajstić information content (AvgIpc) is 2.94. The molecule has 1 unspecified atom stereocenters. The molecule has 0 aromatic heterocycles. The molecule has 0 saturated heterocycles. The highest BCUT2D eigenvalue weighted by Crippen LogP contribution is 2.46. The SMILES string of the molecule is Br.CCCCCCCCCCCCCCCCc1ccccc1C(P)(c1ccccc1)c1ccccc1. The number of aryl methyl sites for hydroxylation is 1. The average molecular weight is 582 g/mol. The highest BCUT2D eigenvalue weighted by atomic mass is 79.9. The van der Waals surface area contributed by atoms with E-state index in [9.17, 15) is 0 Å². The van der Waals surface area contributed by atoms with Crippen LogP contribution in [0.1, 0.15) is 119 Å². The van der Waals surface area contributed by atoms with E-state index in [-0.39, 0.29) is 22.1 Å². The van der Waals surface area contributed by atoms with E-state index in [1.807, 2.05) is 0 Å². The minimum absolute atomic E-state index is 0. The molecular formula is C35H50BrP. The molecule has 37 heavy (non-hydrogen) atoms. The molecule has 0 heterocycles. The second-order valence-electron chi connectivity index (χ2n) is 10.5. The van der Waals surface area contributed by atoms with Crippen LogP contribution in [0.4, 0.5) is 0 Å². The van der Waals surface area contributed by atoms with Crippen LogP contribution in [-0.4, -0.2) is 0 Å². The summed E-state index contributed by atoms with van der Waals surface area (Å²) in [6.07, 6.45) is 20.9. The third-order valence-electron chi connectivity index (χ3n) is 7.70.